The lowest BCUT2D eigenvalue weighted by Gasteiger charge is -2.26. The Morgan fingerprint density at radius 2 is 1.77 bits per heavy atom. The summed E-state index contributed by atoms with van der Waals surface area (Å²) in [4.78, 5) is 26.9. The van der Waals surface area contributed by atoms with Crippen molar-refractivity contribution in [3.8, 4) is 0 Å². The van der Waals surface area contributed by atoms with Gasteiger partial charge in [-0.25, -0.2) is 0 Å². The third-order valence-corrected chi connectivity index (χ3v) is 5.15. The summed E-state index contributed by atoms with van der Waals surface area (Å²) in [6.45, 7) is 11.1. The van der Waals surface area contributed by atoms with Crippen LogP contribution in [-0.2, 0) is 22.7 Å². The number of aryl methyl sites for hydroxylation is 1. The first-order valence-electron chi connectivity index (χ1n) is 10.6. The molecule has 0 spiro atoms. The van der Waals surface area contributed by atoms with E-state index >= 15 is 0 Å². The fraction of sp³-hybridized carbons (Fsp3) is 0.522. The Labute approximate surface area is 179 Å². The van der Waals surface area contributed by atoms with Gasteiger partial charge in [-0.2, -0.15) is 5.10 Å². The molecule has 30 heavy (non-hydrogen) atoms. The lowest BCUT2D eigenvalue weighted by atomic mass is 9.93. The molecule has 0 aliphatic rings. The van der Waals surface area contributed by atoms with E-state index in [1.165, 1.54) is 10.5 Å². The Balaban J connectivity index is 2.12. The third-order valence-electron chi connectivity index (χ3n) is 5.15. The van der Waals surface area contributed by atoms with Gasteiger partial charge in [-0.3, -0.25) is 14.3 Å². The first-order valence-corrected chi connectivity index (χ1v) is 10.6. The molecule has 1 aromatic carbocycles. The number of hydrogen-bond donors (Lipinski definition) is 2. The molecule has 1 aromatic heterocycles. The second kappa shape index (κ2) is 10.9. The summed E-state index contributed by atoms with van der Waals surface area (Å²) >= 11 is 0. The highest BCUT2D eigenvalue weighted by Crippen LogP contribution is 2.24. The van der Waals surface area contributed by atoms with Crippen LogP contribution in [0.2, 0.25) is 0 Å². The Bertz CT molecular complexity index is 827. The van der Waals surface area contributed by atoms with Crippen LogP contribution in [0.15, 0.2) is 36.7 Å². The molecule has 2 N–H and O–H groups in total. The number of aromatic nitrogens is 2. The predicted octanol–water partition coefficient (Wildman–Crippen LogP) is 2.86. The van der Waals surface area contributed by atoms with Crippen molar-refractivity contribution >= 4 is 11.8 Å². The number of benzene rings is 1. The Morgan fingerprint density at radius 3 is 2.27 bits per heavy atom. The largest absolute Gasteiger partial charge is 0.395 e. The van der Waals surface area contributed by atoms with Crippen LogP contribution in [0.1, 0.15) is 63.3 Å². The van der Waals surface area contributed by atoms with Gasteiger partial charge in [-0.15, -0.1) is 0 Å². The highest BCUT2D eigenvalue weighted by atomic mass is 16.3. The number of carbonyl (C=O) groups is 2. The van der Waals surface area contributed by atoms with Crippen LogP contribution < -0.4 is 5.32 Å². The molecule has 164 valence electrons. The number of nitrogens with one attached hydrogen (secondary N) is 1. The van der Waals surface area contributed by atoms with E-state index in [2.05, 4.69) is 36.4 Å². The first kappa shape index (κ1) is 23.6. The standard InChI is InChI=1S/C23H34N4O3/c1-6-27-15-18(13-24-27)14-26(11-12-28)23(30)22(29)25-21(17(4)5)20-9-7-19(8-10-20)16(2)3/h7-10,13,15-17,21,28H,6,11-12,14H2,1-5H3,(H,25,29). The molecular formula is C23H34N4O3. The predicted molar refractivity (Wildman–Crippen MR) is 117 cm³/mol. The molecule has 0 radical (unpaired) electrons. The van der Waals surface area contributed by atoms with Crippen molar-refractivity contribution < 1.29 is 14.7 Å². The summed E-state index contributed by atoms with van der Waals surface area (Å²) in [5.41, 5.74) is 3.01. The minimum absolute atomic E-state index is 0.0823. The Hall–Kier alpha value is -2.67. The summed E-state index contributed by atoms with van der Waals surface area (Å²) in [6, 6.07) is 7.87. The van der Waals surface area contributed by atoms with Gasteiger partial charge in [0.25, 0.3) is 0 Å². The zero-order valence-corrected chi connectivity index (χ0v) is 18.6. The maximum absolute atomic E-state index is 12.8. The molecule has 0 saturated carbocycles. The highest BCUT2D eigenvalue weighted by molar-refractivity contribution is 6.35. The Morgan fingerprint density at radius 1 is 1.13 bits per heavy atom. The normalized spacial score (nSPS) is 12.3. The molecule has 1 heterocycles. The van der Waals surface area contributed by atoms with Crippen molar-refractivity contribution in [3.63, 3.8) is 0 Å². The average molecular weight is 415 g/mol. The number of rotatable bonds is 9. The number of hydrogen-bond acceptors (Lipinski definition) is 4. The smallest absolute Gasteiger partial charge is 0.312 e. The van der Waals surface area contributed by atoms with E-state index in [-0.39, 0.29) is 31.7 Å². The summed E-state index contributed by atoms with van der Waals surface area (Å²) in [5, 5.41) is 16.5. The van der Waals surface area contributed by atoms with Gasteiger partial charge < -0.3 is 15.3 Å². The lowest BCUT2D eigenvalue weighted by molar-refractivity contribution is -0.147. The molecule has 2 amide bonds. The molecule has 7 nitrogen and oxygen atoms in total. The van der Waals surface area contributed by atoms with Crippen LogP contribution in [0.4, 0.5) is 0 Å². The van der Waals surface area contributed by atoms with Gasteiger partial charge in [0.2, 0.25) is 0 Å². The van der Waals surface area contributed by atoms with Gasteiger partial charge in [0.05, 0.1) is 18.8 Å². The van der Waals surface area contributed by atoms with Gasteiger partial charge in [0, 0.05) is 31.4 Å². The number of aliphatic hydroxyl groups is 1. The Kier molecular flexibility index (Phi) is 8.59. The monoisotopic (exact) mass is 414 g/mol. The van der Waals surface area contributed by atoms with Crippen LogP contribution in [-0.4, -0.2) is 44.8 Å². The second-order valence-corrected chi connectivity index (χ2v) is 8.17. The van der Waals surface area contributed by atoms with Crippen molar-refractivity contribution in [2.24, 2.45) is 5.92 Å². The lowest BCUT2D eigenvalue weighted by Crippen LogP contribution is -2.45. The fourth-order valence-corrected chi connectivity index (χ4v) is 3.32. The van der Waals surface area contributed by atoms with Crippen LogP contribution in [0.25, 0.3) is 0 Å². The zero-order chi connectivity index (χ0) is 22.3. The summed E-state index contributed by atoms with van der Waals surface area (Å²) in [6.07, 6.45) is 3.51. The van der Waals surface area contributed by atoms with Crippen molar-refractivity contribution in [2.45, 2.75) is 59.7 Å². The van der Waals surface area contributed by atoms with Crippen molar-refractivity contribution in [1.29, 1.82) is 0 Å². The molecule has 0 aliphatic heterocycles. The first-order chi connectivity index (χ1) is 14.3. The SMILES string of the molecule is CCn1cc(CN(CCO)C(=O)C(=O)NC(c2ccc(C(C)C)cc2)C(C)C)cn1. The quantitative estimate of drug-likeness (QED) is 0.618. The molecule has 1 unspecified atom stereocenters. The van der Waals surface area contributed by atoms with E-state index in [4.69, 9.17) is 0 Å². The van der Waals surface area contributed by atoms with E-state index in [1.54, 1.807) is 10.9 Å². The van der Waals surface area contributed by atoms with E-state index < -0.39 is 11.8 Å². The zero-order valence-electron chi connectivity index (χ0n) is 18.6. The molecule has 0 fully saturated rings. The fourth-order valence-electron chi connectivity index (χ4n) is 3.32. The highest BCUT2D eigenvalue weighted by Gasteiger charge is 2.26. The summed E-state index contributed by atoms with van der Waals surface area (Å²) in [5.74, 6) is -0.784. The van der Waals surface area contributed by atoms with Gasteiger partial charge in [-0.05, 0) is 29.9 Å². The van der Waals surface area contributed by atoms with Crippen molar-refractivity contribution in [1.82, 2.24) is 20.0 Å². The molecular weight excluding hydrogens is 380 g/mol. The summed E-state index contributed by atoms with van der Waals surface area (Å²) < 4.78 is 1.76. The molecule has 2 rings (SSSR count). The molecule has 2 aromatic rings. The molecule has 0 aliphatic carbocycles. The second-order valence-electron chi connectivity index (χ2n) is 8.17. The minimum Gasteiger partial charge on any atom is -0.395 e. The maximum Gasteiger partial charge on any atom is 0.312 e. The van der Waals surface area contributed by atoms with Crippen LogP contribution in [0.3, 0.4) is 0 Å². The van der Waals surface area contributed by atoms with E-state index in [1.807, 2.05) is 39.1 Å². The molecule has 7 heteroatoms. The molecule has 0 saturated heterocycles. The van der Waals surface area contributed by atoms with Crippen molar-refractivity contribution in [3.05, 3.63) is 53.3 Å². The van der Waals surface area contributed by atoms with E-state index in [0.717, 1.165) is 17.7 Å². The van der Waals surface area contributed by atoms with Gasteiger partial charge in [0.1, 0.15) is 0 Å². The van der Waals surface area contributed by atoms with Crippen molar-refractivity contribution in [2.75, 3.05) is 13.2 Å². The number of carbonyl (C=O) groups excluding carboxylic acids is 2. The maximum atomic E-state index is 12.8. The van der Waals surface area contributed by atoms with E-state index in [0.29, 0.717) is 5.92 Å². The van der Waals surface area contributed by atoms with Gasteiger partial charge in [-0.1, -0.05) is 52.0 Å². The van der Waals surface area contributed by atoms with E-state index in [9.17, 15) is 14.7 Å². The number of aliphatic hydroxyl groups excluding tert-OH is 1. The molecule has 1 atom stereocenters. The van der Waals surface area contributed by atoms with Gasteiger partial charge >= 0.3 is 11.8 Å². The summed E-state index contributed by atoms with van der Waals surface area (Å²) in [7, 11) is 0. The average Bonchev–Trinajstić information content (AvgIpc) is 3.18. The third kappa shape index (κ3) is 6.16. The topological polar surface area (TPSA) is 87.5 Å². The number of nitrogens with zero attached hydrogens (tertiary/aromatic N) is 3. The number of amides is 2. The van der Waals surface area contributed by atoms with Crippen LogP contribution >= 0.6 is 0 Å². The van der Waals surface area contributed by atoms with Gasteiger partial charge in [0.15, 0.2) is 0 Å². The molecule has 0 bridgehead atoms. The minimum atomic E-state index is -0.669. The van der Waals surface area contributed by atoms with Crippen LogP contribution in [0, 0.1) is 5.92 Å². The van der Waals surface area contributed by atoms with Crippen LogP contribution in [0.5, 0.6) is 0 Å².